The Kier molecular flexibility index (Phi) is 9.11. The molecular formula is C35H39F2N7S. The van der Waals surface area contributed by atoms with Crippen molar-refractivity contribution >= 4 is 51.3 Å². The second kappa shape index (κ2) is 13.4. The van der Waals surface area contributed by atoms with Gasteiger partial charge in [-0.3, -0.25) is 9.98 Å². The van der Waals surface area contributed by atoms with E-state index in [-0.39, 0.29) is 12.0 Å². The van der Waals surface area contributed by atoms with E-state index in [0.717, 1.165) is 47.5 Å². The molecule has 0 saturated carbocycles. The summed E-state index contributed by atoms with van der Waals surface area (Å²) in [6.07, 6.45) is 8.13. The van der Waals surface area contributed by atoms with Gasteiger partial charge in [0.05, 0.1) is 23.3 Å². The zero-order valence-electron chi connectivity index (χ0n) is 25.8. The van der Waals surface area contributed by atoms with E-state index in [1.165, 1.54) is 61.5 Å². The fourth-order valence-corrected chi connectivity index (χ4v) is 7.13. The fraction of sp³-hybridized carbons (Fsp3) is 0.314. The van der Waals surface area contributed by atoms with Gasteiger partial charge in [0.15, 0.2) is 0 Å². The maximum absolute atomic E-state index is 14.2. The number of pyridine rings is 1. The van der Waals surface area contributed by atoms with E-state index in [1.807, 2.05) is 24.9 Å². The predicted molar refractivity (Wildman–Crippen MR) is 185 cm³/mol. The van der Waals surface area contributed by atoms with Gasteiger partial charge in [-0.2, -0.15) is 0 Å². The van der Waals surface area contributed by atoms with Crippen molar-refractivity contribution in [2.24, 2.45) is 10.7 Å². The van der Waals surface area contributed by atoms with E-state index in [4.69, 9.17) is 5.73 Å². The zero-order valence-corrected chi connectivity index (χ0v) is 26.6. The van der Waals surface area contributed by atoms with Gasteiger partial charge >= 0.3 is 0 Å². The highest BCUT2D eigenvalue weighted by Gasteiger charge is 2.24. The normalized spacial score (nSPS) is 16.1. The molecule has 0 bridgehead atoms. The molecule has 2 fully saturated rings. The zero-order chi connectivity index (χ0) is 31.5. The number of hydrogen-bond acceptors (Lipinski definition) is 6. The van der Waals surface area contributed by atoms with Crippen molar-refractivity contribution in [3.63, 3.8) is 0 Å². The van der Waals surface area contributed by atoms with Crippen LogP contribution < -0.4 is 20.3 Å². The Hall–Kier alpha value is -4.31. The highest BCUT2D eigenvalue weighted by molar-refractivity contribution is 8.00. The second-order valence-corrected chi connectivity index (χ2v) is 12.7. The predicted octanol–water partition coefficient (Wildman–Crippen LogP) is 7.59. The van der Waals surface area contributed by atoms with Crippen molar-refractivity contribution in [2.45, 2.75) is 39.0 Å². The van der Waals surface area contributed by atoms with Crippen LogP contribution in [0.5, 0.6) is 0 Å². The third-order valence-corrected chi connectivity index (χ3v) is 9.73. The highest BCUT2D eigenvalue weighted by atomic mass is 32.2. The second-order valence-electron chi connectivity index (χ2n) is 11.6. The maximum atomic E-state index is 14.2. The van der Waals surface area contributed by atoms with E-state index in [2.05, 4.69) is 54.3 Å². The van der Waals surface area contributed by atoms with Gasteiger partial charge in [-0.1, -0.05) is 12.6 Å². The SMILES string of the molecule is C=C(C(=CN)C(=NC)Nc1cnc(Cc2c(F)cccc2F)cc1C)c1cc2cc(N3CCCCC3)c(N3CCCS3)cc2[nH]1. The van der Waals surface area contributed by atoms with E-state index in [9.17, 15) is 8.78 Å². The Morgan fingerprint density at radius 3 is 2.53 bits per heavy atom. The van der Waals surface area contributed by atoms with Crippen LogP contribution >= 0.6 is 11.9 Å². The molecule has 7 nitrogen and oxygen atoms in total. The van der Waals surface area contributed by atoms with Crippen LogP contribution in [0, 0.1) is 18.6 Å². The summed E-state index contributed by atoms with van der Waals surface area (Å²) in [5, 5.41) is 4.47. The lowest BCUT2D eigenvalue weighted by molar-refractivity contribution is 0.560. The first kappa shape index (κ1) is 30.7. The number of piperidine rings is 1. The number of nitrogens with one attached hydrogen (secondary N) is 2. The molecule has 4 aromatic rings. The molecule has 0 radical (unpaired) electrons. The lowest BCUT2D eigenvalue weighted by atomic mass is 10.0. The Morgan fingerprint density at radius 1 is 1.09 bits per heavy atom. The highest BCUT2D eigenvalue weighted by Crippen LogP contribution is 2.41. The molecule has 0 atom stereocenters. The van der Waals surface area contributed by atoms with Crippen molar-refractivity contribution < 1.29 is 8.78 Å². The average molecular weight is 628 g/mol. The minimum atomic E-state index is -0.584. The van der Waals surface area contributed by atoms with Crippen LogP contribution in [0.2, 0.25) is 0 Å². The van der Waals surface area contributed by atoms with Crippen molar-refractivity contribution in [1.29, 1.82) is 0 Å². The molecule has 6 rings (SSSR count). The molecule has 234 valence electrons. The number of H-pyrrole nitrogens is 1. The third kappa shape index (κ3) is 6.42. The fourth-order valence-electron chi connectivity index (χ4n) is 6.11. The molecule has 0 spiro atoms. The van der Waals surface area contributed by atoms with Gasteiger partial charge in [0.25, 0.3) is 0 Å². The molecule has 45 heavy (non-hydrogen) atoms. The van der Waals surface area contributed by atoms with E-state index in [1.54, 1.807) is 13.2 Å². The number of fused-ring (bicyclic) bond motifs is 1. The van der Waals surface area contributed by atoms with Crippen LogP contribution in [0.15, 0.2) is 72.0 Å². The topological polar surface area (TPSA) is 85.6 Å². The van der Waals surface area contributed by atoms with E-state index < -0.39 is 11.6 Å². The first-order valence-electron chi connectivity index (χ1n) is 15.4. The number of aromatic nitrogens is 2. The van der Waals surface area contributed by atoms with E-state index in [0.29, 0.717) is 28.4 Å². The molecule has 0 aliphatic carbocycles. The maximum Gasteiger partial charge on any atom is 0.134 e. The van der Waals surface area contributed by atoms with Crippen LogP contribution in [0.25, 0.3) is 16.5 Å². The molecule has 2 aliphatic rings. The summed E-state index contributed by atoms with van der Waals surface area (Å²) in [6, 6.07) is 12.4. The molecule has 0 amide bonds. The lowest BCUT2D eigenvalue weighted by Crippen LogP contribution is -2.30. The average Bonchev–Trinajstić information content (AvgIpc) is 3.74. The summed E-state index contributed by atoms with van der Waals surface area (Å²) in [5.74, 6) is 0.503. The quantitative estimate of drug-likeness (QED) is 0.0808. The Bertz CT molecular complexity index is 1760. The smallest absolute Gasteiger partial charge is 0.134 e. The third-order valence-electron chi connectivity index (χ3n) is 8.57. The van der Waals surface area contributed by atoms with Crippen LogP contribution in [0.1, 0.15) is 48.2 Å². The largest absolute Gasteiger partial charge is 0.404 e. The van der Waals surface area contributed by atoms with Crippen LogP contribution in [0.3, 0.4) is 0 Å². The molecule has 4 N–H and O–H groups in total. The minimum Gasteiger partial charge on any atom is -0.404 e. The number of halogens is 2. The van der Waals surface area contributed by atoms with Gasteiger partial charge in [-0.25, -0.2) is 8.78 Å². The number of rotatable bonds is 8. The number of benzene rings is 2. The molecule has 2 saturated heterocycles. The minimum absolute atomic E-state index is 0.00161. The summed E-state index contributed by atoms with van der Waals surface area (Å²) in [6.45, 7) is 9.53. The van der Waals surface area contributed by atoms with Gasteiger partial charge in [-0.15, -0.1) is 0 Å². The van der Waals surface area contributed by atoms with Crippen molar-refractivity contribution in [3.05, 3.63) is 101 Å². The number of nitrogens with zero attached hydrogens (tertiary/aromatic N) is 4. The summed E-state index contributed by atoms with van der Waals surface area (Å²) in [4.78, 5) is 15.1. The van der Waals surface area contributed by atoms with Crippen molar-refractivity contribution in [2.75, 3.05) is 47.0 Å². The number of aliphatic imine (C=N–C) groups is 1. The molecule has 2 aromatic heterocycles. The summed E-state index contributed by atoms with van der Waals surface area (Å²) >= 11 is 1.90. The number of aromatic amines is 1. The van der Waals surface area contributed by atoms with Crippen LogP contribution in [-0.2, 0) is 6.42 Å². The first-order valence-corrected chi connectivity index (χ1v) is 16.4. The molecule has 0 unspecified atom stereocenters. The van der Waals surface area contributed by atoms with Gasteiger partial charge < -0.3 is 25.2 Å². The van der Waals surface area contributed by atoms with E-state index >= 15 is 0 Å². The summed E-state index contributed by atoms with van der Waals surface area (Å²) < 4.78 is 30.9. The van der Waals surface area contributed by atoms with Crippen molar-refractivity contribution in [3.8, 4) is 0 Å². The molecule has 4 heterocycles. The van der Waals surface area contributed by atoms with Gasteiger partial charge in [0.1, 0.15) is 17.5 Å². The summed E-state index contributed by atoms with van der Waals surface area (Å²) in [7, 11) is 1.69. The van der Waals surface area contributed by atoms with Crippen LogP contribution in [0.4, 0.5) is 25.8 Å². The molecule has 10 heteroatoms. The first-order chi connectivity index (χ1) is 21.9. The molecule has 2 aliphatic heterocycles. The standard InChI is InChI=1S/C35H39F2N7S/c1-22-15-25(18-26-28(36)9-7-10-29(26)37)40-21-32(22)42-35(39-3)27(20-38)23(2)30-16-24-17-33(43-11-5-4-6-12-43)34(19-31(24)41-30)44-13-8-14-45-44/h7,9-10,15-17,19-21,41H,2,4-6,8,11-14,18,38H2,1,3H3,(H,39,42). The molecular weight excluding hydrogens is 588 g/mol. The Labute approximate surface area is 267 Å². The Morgan fingerprint density at radius 2 is 1.87 bits per heavy atom. The van der Waals surface area contributed by atoms with Crippen molar-refractivity contribution in [1.82, 2.24) is 9.97 Å². The number of amidine groups is 1. The summed E-state index contributed by atoms with van der Waals surface area (Å²) in [5.41, 5.74) is 14.1. The number of hydrogen-bond donors (Lipinski definition) is 3. The van der Waals surface area contributed by atoms with Gasteiger partial charge in [0.2, 0.25) is 0 Å². The number of aryl methyl sites for hydroxylation is 1. The van der Waals surface area contributed by atoms with Crippen LogP contribution in [-0.4, -0.2) is 48.2 Å². The lowest BCUT2D eigenvalue weighted by Gasteiger charge is -2.32. The number of anilines is 3. The monoisotopic (exact) mass is 627 g/mol. The number of nitrogens with two attached hydrogens (primary N) is 1. The molecule has 2 aromatic carbocycles. The van der Waals surface area contributed by atoms with Gasteiger partial charge in [-0.05, 0) is 86.5 Å². The van der Waals surface area contributed by atoms with Gasteiger partial charge in [0, 0.05) is 84.1 Å². The Balaban J connectivity index is 1.24.